The van der Waals surface area contributed by atoms with Crippen molar-refractivity contribution < 1.29 is 4.79 Å². The number of benzene rings is 1. The molecule has 0 unspecified atom stereocenters. The fourth-order valence-corrected chi connectivity index (χ4v) is 4.72. The van der Waals surface area contributed by atoms with Crippen molar-refractivity contribution in [3.05, 3.63) is 28.7 Å². The number of H-pyrrole nitrogens is 1. The van der Waals surface area contributed by atoms with Crippen molar-refractivity contribution in [3.63, 3.8) is 0 Å². The van der Waals surface area contributed by atoms with Crippen LogP contribution in [0.15, 0.2) is 23.0 Å². The third-order valence-electron chi connectivity index (χ3n) is 6.22. The minimum absolute atomic E-state index is 0.0101. The lowest BCUT2D eigenvalue weighted by Crippen LogP contribution is -2.51. The summed E-state index contributed by atoms with van der Waals surface area (Å²) in [4.78, 5) is 32.7. The zero-order valence-corrected chi connectivity index (χ0v) is 17.3. The van der Waals surface area contributed by atoms with Crippen molar-refractivity contribution in [1.29, 1.82) is 0 Å². The van der Waals surface area contributed by atoms with Crippen LogP contribution in [0.4, 0.5) is 5.69 Å². The number of hydrogen-bond acceptors (Lipinski definition) is 3. The predicted molar refractivity (Wildman–Crippen MR) is 113 cm³/mol. The van der Waals surface area contributed by atoms with Gasteiger partial charge in [0.15, 0.2) is 0 Å². The summed E-state index contributed by atoms with van der Waals surface area (Å²) in [5, 5.41) is 0. The summed E-state index contributed by atoms with van der Waals surface area (Å²) in [6, 6.07) is 6.51. The third-order valence-corrected chi connectivity index (χ3v) is 6.22. The van der Waals surface area contributed by atoms with Gasteiger partial charge in [-0.15, -0.1) is 0 Å². The molecule has 1 N–H and O–H groups in total. The first-order chi connectivity index (χ1) is 13.4. The van der Waals surface area contributed by atoms with Gasteiger partial charge in [-0.1, -0.05) is 46.1 Å². The van der Waals surface area contributed by atoms with Crippen LogP contribution >= 0.6 is 0 Å². The van der Waals surface area contributed by atoms with Gasteiger partial charge >= 0.3 is 5.69 Å². The molecule has 6 nitrogen and oxygen atoms in total. The lowest BCUT2D eigenvalue weighted by atomic mass is 9.94. The number of amides is 1. The Bertz CT molecular complexity index is 907. The fraction of sp³-hybridized carbons (Fsp3) is 0.636. The number of aromatic amines is 1. The maximum atomic E-state index is 12.8. The number of carbonyl (C=O) groups is 1. The molecule has 2 heterocycles. The molecule has 1 aliphatic heterocycles. The number of hydrogen-bond donors (Lipinski definition) is 1. The molecule has 2 fully saturated rings. The number of rotatable bonds is 2. The number of nitrogens with zero attached hydrogens (tertiary/aromatic N) is 3. The zero-order chi connectivity index (χ0) is 19.9. The first-order valence-electron chi connectivity index (χ1n) is 10.6. The highest BCUT2D eigenvalue weighted by atomic mass is 16.2. The Morgan fingerprint density at radius 3 is 2.36 bits per heavy atom. The standard InChI is InChI=1S/C22H32N4O2/c1-22(2,3)20(27)25-14-12-24(13-15-25)17-10-7-11-18-19(17)23-21(28)26(18)16-8-5-4-6-9-16/h7,10-11,16H,4-6,8-9,12-15H2,1-3H3,(H,23,28). The van der Waals surface area contributed by atoms with E-state index in [1.54, 1.807) is 0 Å². The number of para-hydroxylation sites is 1. The molecule has 152 valence electrons. The van der Waals surface area contributed by atoms with Crippen molar-refractivity contribution >= 4 is 22.6 Å². The molecule has 28 heavy (non-hydrogen) atoms. The monoisotopic (exact) mass is 384 g/mol. The molecule has 1 saturated carbocycles. The second kappa shape index (κ2) is 7.30. The molecule has 1 saturated heterocycles. The molecule has 2 aromatic rings. The molecule has 1 aromatic carbocycles. The summed E-state index contributed by atoms with van der Waals surface area (Å²) in [6.45, 7) is 8.94. The van der Waals surface area contributed by atoms with E-state index in [0.29, 0.717) is 6.04 Å². The number of aromatic nitrogens is 2. The van der Waals surface area contributed by atoms with Crippen LogP contribution in [0.3, 0.4) is 0 Å². The smallest absolute Gasteiger partial charge is 0.326 e. The summed E-state index contributed by atoms with van der Waals surface area (Å²) >= 11 is 0. The Hall–Kier alpha value is -2.24. The Balaban J connectivity index is 1.59. The summed E-state index contributed by atoms with van der Waals surface area (Å²) in [7, 11) is 0. The van der Waals surface area contributed by atoms with Crippen LogP contribution in [0.2, 0.25) is 0 Å². The molecular formula is C22H32N4O2. The van der Waals surface area contributed by atoms with E-state index in [0.717, 1.165) is 55.7 Å². The van der Waals surface area contributed by atoms with E-state index in [-0.39, 0.29) is 17.0 Å². The predicted octanol–water partition coefficient (Wildman–Crippen LogP) is 3.53. The molecule has 4 rings (SSSR count). The van der Waals surface area contributed by atoms with Crippen LogP contribution in [0.1, 0.15) is 58.9 Å². The van der Waals surface area contributed by atoms with E-state index in [2.05, 4.69) is 28.1 Å². The SMILES string of the molecule is CC(C)(C)C(=O)N1CCN(c2cccc3c2[nH]c(=O)n3C2CCCCC2)CC1. The Morgan fingerprint density at radius 2 is 1.71 bits per heavy atom. The number of imidazole rings is 1. The number of piperazine rings is 1. The van der Waals surface area contributed by atoms with Crippen molar-refractivity contribution in [2.75, 3.05) is 31.1 Å². The van der Waals surface area contributed by atoms with Crippen LogP contribution in [0, 0.1) is 5.41 Å². The van der Waals surface area contributed by atoms with Crippen LogP contribution in [0.25, 0.3) is 11.0 Å². The molecule has 0 spiro atoms. The van der Waals surface area contributed by atoms with Gasteiger partial charge in [-0.25, -0.2) is 4.79 Å². The van der Waals surface area contributed by atoms with Crippen molar-refractivity contribution in [3.8, 4) is 0 Å². The van der Waals surface area contributed by atoms with Crippen molar-refractivity contribution in [2.45, 2.75) is 58.9 Å². The van der Waals surface area contributed by atoms with E-state index in [4.69, 9.17) is 0 Å². The normalized spacial score (nSPS) is 19.4. The summed E-state index contributed by atoms with van der Waals surface area (Å²) in [5.74, 6) is 0.210. The highest BCUT2D eigenvalue weighted by molar-refractivity contribution is 5.89. The molecule has 1 aliphatic carbocycles. The van der Waals surface area contributed by atoms with E-state index in [1.807, 2.05) is 30.2 Å². The van der Waals surface area contributed by atoms with E-state index >= 15 is 0 Å². The first-order valence-corrected chi connectivity index (χ1v) is 10.6. The molecule has 0 bridgehead atoms. The molecule has 6 heteroatoms. The molecular weight excluding hydrogens is 352 g/mol. The van der Waals surface area contributed by atoms with Gasteiger partial charge in [-0.2, -0.15) is 0 Å². The largest absolute Gasteiger partial charge is 0.366 e. The lowest BCUT2D eigenvalue weighted by Gasteiger charge is -2.38. The topological polar surface area (TPSA) is 61.3 Å². The second-order valence-corrected chi connectivity index (χ2v) is 9.29. The van der Waals surface area contributed by atoms with Gasteiger partial charge in [0.1, 0.15) is 0 Å². The highest BCUT2D eigenvalue weighted by Crippen LogP contribution is 2.32. The van der Waals surface area contributed by atoms with E-state index in [1.165, 1.54) is 19.3 Å². The summed E-state index contributed by atoms with van der Waals surface area (Å²) in [5.41, 5.74) is 2.70. The number of fused-ring (bicyclic) bond motifs is 1. The number of nitrogens with one attached hydrogen (secondary N) is 1. The quantitative estimate of drug-likeness (QED) is 0.862. The maximum Gasteiger partial charge on any atom is 0.326 e. The van der Waals surface area contributed by atoms with Crippen molar-refractivity contribution in [1.82, 2.24) is 14.5 Å². The van der Waals surface area contributed by atoms with Gasteiger partial charge in [0, 0.05) is 37.6 Å². The molecule has 0 radical (unpaired) electrons. The molecule has 1 amide bonds. The molecule has 2 aliphatic rings. The molecule has 0 atom stereocenters. The first kappa shape index (κ1) is 19.1. The summed E-state index contributed by atoms with van der Waals surface area (Å²) < 4.78 is 1.98. The average Bonchev–Trinajstić information content (AvgIpc) is 3.03. The third kappa shape index (κ3) is 3.45. The van der Waals surface area contributed by atoms with Crippen LogP contribution in [-0.2, 0) is 4.79 Å². The Kier molecular flexibility index (Phi) is 4.98. The summed E-state index contributed by atoms with van der Waals surface area (Å²) in [6.07, 6.45) is 5.85. The highest BCUT2D eigenvalue weighted by Gasteiger charge is 2.30. The fourth-order valence-electron chi connectivity index (χ4n) is 4.72. The maximum absolute atomic E-state index is 12.8. The average molecular weight is 385 g/mol. The minimum atomic E-state index is -0.343. The van der Waals surface area contributed by atoms with Gasteiger partial charge in [0.25, 0.3) is 0 Å². The van der Waals surface area contributed by atoms with Gasteiger partial charge in [-0.05, 0) is 25.0 Å². The minimum Gasteiger partial charge on any atom is -0.366 e. The van der Waals surface area contributed by atoms with Crippen molar-refractivity contribution in [2.24, 2.45) is 5.41 Å². The second-order valence-electron chi connectivity index (χ2n) is 9.29. The van der Waals surface area contributed by atoms with Gasteiger partial charge in [0.2, 0.25) is 5.91 Å². The van der Waals surface area contributed by atoms with Crippen LogP contribution in [0.5, 0.6) is 0 Å². The molecule has 1 aromatic heterocycles. The van der Waals surface area contributed by atoms with Gasteiger partial charge in [-0.3, -0.25) is 9.36 Å². The number of anilines is 1. The lowest BCUT2D eigenvalue weighted by molar-refractivity contribution is -0.139. The van der Waals surface area contributed by atoms with E-state index < -0.39 is 0 Å². The van der Waals surface area contributed by atoms with Crippen LogP contribution in [-0.4, -0.2) is 46.5 Å². The Labute approximate surface area is 166 Å². The zero-order valence-electron chi connectivity index (χ0n) is 17.3. The van der Waals surface area contributed by atoms with Gasteiger partial charge in [0.05, 0.1) is 16.7 Å². The van der Waals surface area contributed by atoms with Crippen LogP contribution < -0.4 is 10.6 Å². The Morgan fingerprint density at radius 1 is 1.04 bits per heavy atom. The number of carbonyl (C=O) groups excluding carboxylic acids is 1. The van der Waals surface area contributed by atoms with E-state index in [9.17, 15) is 9.59 Å². The van der Waals surface area contributed by atoms with Gasteiger partial charge < -0.3 is 14.8 Å².